The second-order valence-electron chi connectivity index (χ2n) is 11.6. The van der Waals surface area contributed by atoms with Gasteiger partial charge in [0.05, 0.1) is 36.7 Å². The molecule has 2 aliphatic rings. The molecule has 9 nitrogen and oxygen atoms in total. The maximum atomic E-state index is 13.6. The van der Waals surface area contributed by atoms with Crippen molar-refractivity contribution in [3.05, 3.63) is 95.3 Å². The van der Waals surface area contributed by atoms with Crippen LogP contribution in [0.1, 0.15) is 72.9 Å². The van der Waals surface area contributed by atoms with E-state index in [2.05, 4.69) is 10.3 Å². The van der Waals surface area contributed by atoms with Crippen LogP contribution in [0.2, 0.25) is 0 Å². The second kappa shape index (κ2) is 17.9. The number of urea groups is 1. The number of carbonyl (C=O) groups excluding carboxylic acids is 2. The molecule has 244 valence electrons. The molecule has 0 saturated heterocycles. The number of nitrogens with one attached hydrogen (secondary N) is 1. The Bertz CT molecular complexity index is 1470. The van der Waals surface area contributed by atoms with E-state index < -0.39 is 5.97 Å². The standard InChI is InChI=1S/C29H37FN2O5.C7H5NO/c1-20-7-4-8-21(27(20)28(33)34)19-37-26-14-6-13-25(18-26)36-16-15-32(24-11-2-3-12-24)29(35)31-23-10-5-9-22(30)17-23;9-6-8-7-4-2-1-3-5-7/h4-5,7-10,17,24-26H,2-3,6,11-16,18-19H2,1H3,(H,31,35)(H,33,34);1-5H. The Morgan fingerprint density at radius 1 is 0.957 bits per heavy atom. The van der Waals surface area contributed by atoms with Crippen molar-refractivity contribution in [2.45, 2.75) is 83.1 Å². The number of ether oxygens (including phenoxy) is 2. The van der Waals surface area contributed by atoms with Crippen LogP contribution < -0.4 is 5.32 Å². The molecule has 0 bridgehead atoms. The van der Waals surface area contributed by atoms with Crippen LogP contribution in [-0.4, -0.2) is 59.5 Å². The van der Waals surface area contributed by atoms with Crippen molar-refractivity contribution >= 4 is 29.5 Å². The lowest BCUT2D eigenvalue weighted by atomic mass is 9.94. The van der Waals surface area contributed by atoms with Gasteiger partial charge >= 0.3 is 12.0 Å². The van der Waals surface area contributed by atoms with E-state index >= 15 is 0 Å². The Labute approximate surface area is 269 Å². The number of carboxylic acid groups (broad SMARTS) is 1. The molecule has 0 aromatic heterocycles. The lowest BCUT2D eigenvalue weighted by Crippen LogP contribution is -2.44. The summed E-state index contributed by atoms with van der Waals surface area (Å²) < 4.78 is 25.9. The molecule has 2 fully saturated rings. The number of carbonyl (C=O) groups is 2. The highest BCUT2D eigenvalue weighted by Crippen LogP contribution is 2.27. The number of rotatable bonds is 11. The Morgan fingerprint density at radius 2 is 1.67 bits per heavy atom. The average Bonchev–Trinajstić information content (AvgIpc) is 3.58. The van der Waals surface area contributed by atoms with Gasteiger partial charge in [-0.25, -0.2) is 18.8 Å². The number of anilines is 1. The third-order valence-corrected chi connectivity index (χ3v) is 8.34. The summed E-state index contributed by atoms with van der Waals surface area (Å²) in [6.07, 6.45) is 9.19. The van der Waals surface area contributed by atoms with Crippen LogP contribution in [0.4, 0.5) is 20.6 Å². The van der Waals surface area contributed by atoms with Gasteiger partial charge in [0.2, 0.25) is 6.08 Å². The van der Waals surface area contributed by atoms with E-state index in [-0.39, 0.29) is 36.7 Å². The highest BCUT2D eigenvalue weighted by molar-refractivity contribution is 5.91. The third kappa shape index (κ3) is 10.6. The topological polar surface area (TPSA) is 118 Å². The molecule has 0 radical (unpaired) electrons. The number of aliphatic imine (C=N–C) groups is 1. The zero-order chi connectivity index (χ0) is 32.7. The first-order valence-electron chi connectivity index (χ1n) is 15.8. The van der Waals surface area contributed by atoms with Crippen LogP contribution in [0.15, 0.2) is 77.8 Å². The van der Waals surface area contributed by atoms with Gasteiger partial charge in [0, 0.05) is 18.3 Å². The van der Waals surface area contributed by atoms with Crippen LogP contribution >= 0.6 is 0 Å². The fourth-order valence-corrected chi connectivity index (χ4v) is 6.07. The summed E-state index contributed by atoms with van der Waals surface area (Å²) >= 11 is 0. The van der Waals surface area contributed by atoms with Gasteiger partial charge in [-0.15, -0.1) is 0 Å². The maximum absolute atomic E-state index is 13.6. The molecule has 10 heteroatoms. The van der Waals surface area contributed by atoms with E-state index in [1.807, 2.05) is 29.2 Å². The number of halogens is 1. The number of carboxylic acids is 1. The SMILES string of the molecule is Cc1cccc(COC2CCCC(OCCN(C(=O)Nc3cccc(F)c3)C3CCCC3)C2)c1C(=O)O.O=C=Nc1ccccc1. The van der Waals surface area contributed by atoms with Crippen molar-refractivity contribution in [3.8, 4) is 0 Å². The first kappa shape index (κ1) is 34.5. The number of aromatic carboxylic acids is 1. The zero-order valence-electron chi connectivity index (χ0n) is 26.2. The van der Waals surface area contributed by atoms with Crippen LogP contribution in [0, 0.1) is 12.7 Å². The molecular weight excluding hydrogens is 589 g/mol. The summed E-state index contributed by atoms with van der Waals surface area (Å²) in [6.45, 7) is 2.95. The number of amides is 2. The summed E-state index contributed by atoms with van der Waals surface area (Å²) in [5.74, 6) is -1.32. The molecule has 3 aromatic rings. The molecule has 2 amide bonds. The predicted molar refractivity (Wildman–Crippen MR) is 174 cm³/mol. The van der Waals surface area contributed by atoms with Crippen LogP contribution in [0.5, 0.6) is 0 Å². The minimum Gasteiger partial charge on any atom is -0.478 e. The molecule has 2 atom stereocenters. The molecule has 0 aliphatic heterocycles. The number of hydrogen-bond acceptors (Lipinski definition) is 6. The lowest BCUT2D eigenvalue weighted by molar-refractivity contribution is -0.0531. The Balaban J connectivity index is 0.000000459. The van der Waals surface area contributed by atoms with Gasteiger partial charge in [0.15, 0.2) is 0 Å². The minimum atomic E-state index is -0.935. The van der Waals surface area contributed by atoms with E-state index in [0.717, 1.165) is 56.9 Å². The number of benzene rings is 3. The molecular formula is C36H42FN3O6. The van der Waals surface area contributed by atoms with E-state index in [4.69, 9.17) is 9.47 Å². The Morgan fingerprint density at radius 3 is 2.37 bits per heavy atom. The van der Waals surface area contributed by atoms with Gasteiger partial charge in [-0.1, -0.05) is 55.3 Å². The first-order chi connectivity index (χ1) is 22.3. The molecule has 2 saturated carbocycles. The van der Waals surface area contributed by atoms with Crippen LogP contribution in [0.3, 0.4) is 0 Å². The van der Waals surface area contributed by atoms with Crippen molar-refractivity contribution in [2.24, 2.45) is 4.99 Å². The quantitative estimate of drug-likeness (QED) is 0.165. The van der Waals surface area contributed by atoms with Gasteiger partial charge < -0.3 is 24.8 Å². The predicted octanol–water partition coefficient (Wildman–Crippen LogP) is 7.81. The average molecular weight is 632 g/mol. The van der Waals surface area contributed by atoms with Gasteiger partial charge in [-0.3, -0.25) is 0 Å². The minimum absolute atomic E-state index is 0.00289. The maximum Gasteiger partial charge on any atom is 0.336 e. The molecule has 3 aromatic carbocycles. The first-order valence-corrected chi connectivity index (χ1v) is 15.8. The smallest absolute Gasteiger partial charge is 0.336 e. The lowest BCUT2D eigenvalue weighted by Gasteiger charge is -2.32. The van der Waals surface area contributed by atoms with Crippen molar-refractivity contribution in [2.75, 3.05) is 18.5 Å². The van der Waals surface area contributed by atoms with Gasteiger partial charge in [-0.2, -0.15) is 4.99 Å². The van der Waals surface area contributed by atoms with E-state index in [0.29, 0.717) is 35.7 Å². The number of hydrogen-bond donors (Lipinski definition) is 2. The summed E-state index contributed by atoms with van der Waals surface area (Å²) in [5.41, 5.74) is 2.82. The van der Waals surface area contributed by atoms with Crippen LogP contribution in [-0.2, 0) is 20.9 Å². The summed E-state index contributed by atoms with van der Waals surface area (Å²) in [6, 6.07) is 20.3. The second-order valence-corrected chi connectivity index (χ2v) is 11.6. The van der Waals surface area contributed by atoms with Crippen molar-refractivity contribution in [1.29, 1.82) is 0 Å². The Kier molecular flexibility index (Phi) is 13.5. The number of nitrogens with zero attached hydrogens (tertiary/aromatic N) is 2. The monoisotopic (exact) mass is 631 g/mol. The van der Waals surface area contributed by atoms with Crippen LogP contribution in [0.25, 0.3) is 0 Å². The number of para-hydroxylation sites is 1. The molecule has 46 heavy (non-hydrogen) atoms. The zero-order valence-corrected chi connectivity index (χ0v) is 26.2. The van der Waals surface area contributed by atoms with Gasteiger partial charge in [0.25, 0.3) is 0 Å². The van der Waals surface area contributed by atoms with Gasteiger partial charge in [0.1, 0.15) is 5.82 Å². The summed E-state index contributed by atoms with van der Waals surface area (Å²) in [7, 11) is 0. The normalized spacial score (nSPS) is 17.7. The molecule has 0 spiro atoms. The highest BCUT2D eigenvalue weighted by atomic mass is 19.1. The van der Waals surface area contributed by atoms with Crippen molar-refractivity contribution in [1.82, 2.24) is 4.90 Å². The molecule has 0 heterocycles. The molecule has 2 N–H and O–H groups in total. The molecule has 2 unspecified atom stereocenters. The number of isocyanates is 1. The van der Waals surface area contributed by atoms with E-state index in [9.17, 15) is 23.9 Å². The molecule has 2 aliphatic carbocycles. The van der Waals surface area contributed by atoms with E-state index in [1.165, 1.54) is 18.2 Å². The van der Waals surface area contributed by atoms with E-state index in [1.54, 1.807) is 43.3 Å². The van der Waals surface area contributed by atoms with Crippen molar-refractivity contribution in [3.63, 3.8) is 0 Å². The third-order valence-electron chi connectivity index (χ3n) is 8.34. The van der Waals surface area contributed by atoms with Crippen molar-refractivity contribution < 1.29 is 33.4 Å². The summed E-state index contributed by atoms with van der Waals surface area (Å²) in [5, 5.41) is 12.4. The molecule has 5 rings (SSSR count). The largest absolute Gasteiger partial charge is 0.478 e. The Hall–Kier alpha value is -4.37. The summed E-state index contributed by atoms with van der Waals surface area (Å²) in [4.78, 5) is 39.6. The fraction of sp³-hybridized carbons (Fsp3) is 0.417. The highest BCUT2D eigenvalue weighted by Gasteiger charge is 2.28. The van der Waals surface area contributed by atoms with Gasteiger partial charge in [-0.05, 0) is 86.9 Å². The number of aryl methyl sites for hydroxylation is 1. The fourth-order valence-electron chi connectivity index (χ4n) is 6.07.